The number of halogens is 5. The molecule has 0 atom stereocenters. The van der Waals surface area contributed by atoms with Crippen molar-refractivity contribution in [2.24, 2.45) is 0 Å². The fourth-order valence-corrected chi connectivity index (χ4v) is 3.02. The zero-order chi connectivity index (χ0) is 20.5. The Morgan fingerprint density at radius 3 is 2.37 bits per heavy atom. The van der Waals surface area contributed by atoms with Crippen LogP contribution in [0.2, 0.25) is 0 Å². The summed E-state index contributed by atoms with van der Waals surface area (Å²) in [4.78, 5) is 17.8. The van der Waals surface area contributed by atoms with Gasteiger partial charge in [-0.3, -0.25) is 9.78 Å². The predicted molar refractivity (Wildman–Crippen MR) is 84.5 cm³/mol. The van der Waals surface area contributed by atoms with Crippen molar-refractivity contribution in [3.63, 3.8) is 0 Å². The van der Waals surface area contributed by atoms with Crippen molar-refractivity contribution in [3.8, 4) is 17.1 Å². The number of ether oxygens (including phenoxy) is 1. The van der Waals surface area contributed by atoms with Gasteiger partial charge in [0.15, 0.2) is 22.2 Å². The van der Waals surface area contributed by atoms with Crippen LogP contribution in [0.4, 0.5) is 22.0 Å². The highest BCUT2D eigenvalue weighted by Gasteiger charge is 2.58. The minimum absolute atomic E-state index is 0.0671. The molecule has 0 amide bonds. The maximum absolute atomic E-state index is 12.9. The SMILES string of the molecule is CCS(=O)(=O)c1cccnc1-c1ccc(OCC(F)(F)C(F)(F)F)c(=O)[nH]1. The second-order valence-corrected chi connectivity index (χ2v) is 7.56. The third kappa shape index (κ3) is 4.43. The van der Waals surface area contributed by atoms with Gasteiger partial charge in [0.05, 0.1) is 16.3 Å². The van der Waals surface area contributed by atoms with Gasteiger partial charge in [-0.05, 0) is 24.3 Å². The fraction of sp³-hybridized carbons (Fsp3) is 0.333. The van der Waals surface area contributed by atoms with E-state index in [4.69, 9.17) is 0 Å². The van der Waals surface area contributed by atoms with Crippen molar-refractivity contribution in [1.29, 1.82) is 0 Å². The highest BCUT2D eigenvalue weighted by molar-refractivity contribution is 7.91. The molecule has 0 fully saturated rings. The van der Waals surface area contributed by atoms with E-state index >= 15 is 0 Å². The van der Waals surface area contributed by atoms with Gasteiger partial charge in [-0.25, -0.2) is 8.42 Å². The van der Waals surface area contributed by atoms with Crippen LogP contribution in [-0.2, 0) is 9.84 Å². The van der Waals surface area contributed by atoms with Gasteiger partial charge < -0.3 is 9.72 Å². The van der Waals surface area contributed by atoms with Crippen LogP contribution in [0, 0.1) is 0 Å². The predicted octanol–water partition coefficient (Wildman–Crippen LogP) is 2.81. The summed E-state index contributed by atoms with van der Waals surface area (Å²) >= 11 is 0. The lowest BCUT2D eigenvalue weighted by molar-refractivity contribution is -0.290. The van der Waals surface area contributed by atoms with Crippen molar-refractivity contribution < 1.29 is 35.1 Å². The van der Waals surface area contributed by atoms with E-state index in [1.54, 1.807) is 0 Å². The molecule has 2 aromatic heterocycles. The Morgan fingerprint density at radius 2 is 1.81 bits per heavy atom. The van der Waals surface area contributed by atoms with Crippen LogP contribution in [0.5, 0.6) is 5.75 Å². The number of nitrogens with zero attached hydrogens (tertiary/aromatic N) is 1. The Labute approximate surface area is 149 Å². The lowest BCUT2D eigenvalue weighted by Crippen LogP contribution is -2.42. The second kappa shape index (κ2) is 7.25. The van der Waals surface area contributed by atoms with Gasteiger partial charge in [-0.1, -0.05) is 6.92 Å². The number of hydrogen-bond donors (Lipinski definition) is 1. The molecule has 0 aromatic carbocycles. The van der Waals surface area contributed by atoms with E-state index in [0.29, 0.717) is 0 Å². The molecule has 0 spiro atoms. The van der Waals surface area contributed by atoms with Gasteiger partial charge in [-0.15, -0.1) is 0 Å². The molecule has 12 heteroatoms. The average molecular weight is 412 g/mol. The molecular formula is C15H13F5N2O4S. The van der Waals surface area contributed by atoms with Crippen LogP contribution < -0.4 is 10.3 Å². The van der Waals surface area contributed by atoms with Gasteiger partial charge in [0, 0.05) is 6.20 Å². The molecule has 0 bridgehead atoms. The van der Waals surface area contributed by atoms with Crippen molar-refractivity contribution in [1.82, 2.24) is 9.97 Å². The van der Waals surface area contributed by atoms with E-state index in [9.17, 15) is 35.2 Å². The first-order valence-corrected chi connectivity index (χ1v) is 9.03. The first-order chi connectivity index (χ1) is 12.4. The van der Waals surface area contributed by atoms with Crippen LogP contribution in [0.3, 0.4) is 0 Å². The third-order valence-corrected chi connectivity index (χ3v) is 5.20. The number of H-pyrrole nitrogens is 1. The summed E-state index contributed by atoms with van der Waals surface area (Å²) < 4.78 is 90.6. The normalized spacial score (nSPS) is 12.8. The van der Waals surface area contributed by atoms with Crippen LogP contribution in [0.25, 0.3) is 11.4 Å². The van der Waals surface area contributed by atoms with Crippen molar-refractivity contribution in [2.45, 2.75) is 23.9 Å². The second-order valence-electron chi connectivity index (χ2n) is 5.31. The Balaban J connectivity index is 2.36. The summed E-state index contributed by atoms with van der Waals surface area (Å²) in [6.07, 6.45) is -4.55. The molecule has 2 aromatic rings. The van der Waals surface area contributed by atoms with E-state index in [1.165, 1.54) is 25.3 Å². The fourth-order valence-electron chi connectivity index (χ4n) is 1.96. The van der Waals surface area contributed by atoms with Crippen LogP contribution in [0.15, 0.2) is 40.2 Å². The molecule has 27 heavy (non-hydrogen) atoms. The lowest BCUT2D eigenvalue weighted by atomic mass is 10.2. The highest BCUT2D eigenvalue weighted by Crippen LogP contribution is 2.35. The molecule has 0 aliphatic heterocycles. The van der Waals surface area contributed by atoms with E-state index < -0.39 is 39.9 Å². The van der Waals surface area contributed by atoms with E-state index in [2.05, 4.69) is 14.7 Å². The minimum Gasteiger partial charge on any atom is -0.481 e. The Kier molecular flexibility index (Phi) is 5.59. The molecule has 0 saturated carbocycles. The number of aromatic amines is 1. The van der Waals surface area contributed by atoms with Gasteiger partial charge in [0.2, 0.25) is 0 Å². The molecule has 0 unspecified atom stereocenters. The molecule has 0 radical (unpaired) electrons. The third-order valence-electron chi connectivity index (χ3n) is 3.44. The lowest BCUT2D eigenvalue weighted by Gasteiger charge is -2.19. The monoisotopic (exact) mass is 412 g/mol. The largest absolute Gasteiger partial charge is 0.481 e. The van der Waals surface area contributed by atoms with Gasteiger partial charge in [-0.2, -0.15) is 22.0 Å². The number of rotatable bonds is 6. The summed E-state index contributed by atoms with van der Waals surface area (Å²) in [5, 5.41) is 0. The topological polar surface area (TPSA) is 89.1 Å². The number of hydrogen-bond acceptors (Lipinski definition) is 5. The first-order valence-electron chi connectivity index (χ1n) is 7.38. The Morgan fingerprint density at radius 1 is 1.15 bits per heavy atom. The molecular weight excluding hydrogens is 399 g/mol. The quantitative estimate of drug-likeness (QED) is 0.737. The van der Waals surface area contributed by atoms with Gasteiger partial charge in [0.25, 0.3) is 5.56 Å². The Bertz CT molecular complexity index is 986. The Hall–Kier alpha value is -2.50. The summed E-state index contributed by atoms with van der Waals surface area (Å²) in [7, 11) is -3.69. The molecule has 2 heterocycles. The summed E-state index contributed by atoms with van der Waals surface area (Å²) in [6, 6.07) is 4.60. The molecule has 0 aliphatic rings. The zero-order valence-corrected chi connectivity index (χ0v) is 14.5. The number of sulfone groups is 1. The van der Waals surface area contributed by atoms with Crippen LogP contribution >= 0.6 is 0 Å². The number of nitrogens with one attached hydrogen (secondary N) is 1. The molecule has 0 saturated heterocycles. The van der Waals surface area contributed by atoms with E-state index in [1.807, 2.05) is 0 Å². The van der Waals surface area contributed by atoms with Gasteiger partial charge in [0.1, 0.15) is 5.69 Å². The van der Waals surface area contributed by atoms with Crippen molar-refractivity contribution in [3.05, 3.63) is 40.8 Å². The molecule has 148 valence electrons. The van der Waals surface area contributed by atoms with Crippen molar-refractivity contribution in [2.75, 3.05) is 12.4 Å². The minimum atomic E-state index is -5.82. The number of alkyl halides is 5. The van der Waals surface area contributed by atoms with Gasteiger partial charge >= 0.3 is 12.1 Å². The molecule has 1 N–H and O–H groups in total. The molecule has 0 aliphatic carbocycles. The maximum Gasteiger partial charge on any atom is 0.456 e. The first kappa shape index (κ1) is 20.8. The smallest absolute Gasteiger partial charge is 0.456 e. The molecule has 6 nitrogen and oxygen atoms in total. The van der Waals surface area contributed by atoms with Crippen LogP contribution in [0.1, 0.15) is 6.92 Å². The zero-order valence-electron chi connectivity index (χ0n) is 13.7. The molecule has 2 rings (SSSR count). The van der Waals surface area contributed by atoms with E-state index in [-0.39, 0.29) is 22.0 Å². The van der Waals surface area contributed by atoms with E-state index in [0.717, 1.165) is 12.1 Å². The van der Waals surface area contributed by atoms with Crippen molar-refractivity contribution >= 4 is 9.84 Å². The number of aromatic nitrogens is 2. The standard InChI is InChI=1S/C15H13F5N2O4S/c1-2-27(24,25)11-4-3-7-21-12(11)9-5-6-10(13(23)22-9)26-8-14(16,17)15(18,19)20/h3-7H,2,8H2,1H3,(H,22,23). The highest BCUT2D eigenvalue weighted by atomic mass is 32.2. The average Bonchev–Trinajstić information content (AvgIpc) is 2.59. The maximum atomic E-state index is 12.9. The summed E-state index contributed by atoms with van der Waals surface area (Å²) in [6.45, 7) is -0.662. The summed E-state index contributed by atoms with van der Waals surface area (Å²) in [5.74, 6) is -6.15. The van der Waals surface area contributed by atoms with Crippen LogP contribution in [-0.4, -0.2) is 42.8 Å². The summed E-state index contributed by atoms with van der Waals surface area (Å²) in [5.41, 5.74) is -1.28. The number of pyridine rings is 2.